The first-order valence-corrected chi connectivity index (χ1v) is 9.74. The molecule has 0 saturated carbocycles. The number of carbonyl (C=O) groups excluding carboxylic acids is 1. The van der Waals surface area contributed by atoms with Gasteiger partial charge in [-0.3, -0.25) is 14.7 Å². The molecule has 0 aliphatic carbocycles. The first-order chi connectivity index (χ1) is 13.7. The van der Waals surface area contributed by atoms with Crippen molar-refractivity contribution in [2.45, 2.75) is 39.0 Å². The zero-order chi connectivity index (χ0) is 21.4. The first-order valence-electron chi connectivity index (χ1n) is 9.74. The van der Waals surface area contributed by atoms with E-state index in [0.717, 1.165) is 37.2 Å². The molecule has 0 spiro atoms. The number of esters is 1. The number of halogens is 4. The van der Waals surface area contributed by atoms with E-state index >= 15 is 0 Å². The summed E-state index contributed by atoms with van der Waals surface area (Å²) in [6.45, 7) is 6.95. The van der Waals surface area contributed by atoms with E-state index in [0.29, 0.717) is 25.6 Å². The van der Waals surface area contributed by atoms with E-state index in [9.17, 15) is 18.0 Å². The molecule has 170 valence electrons. The lowest BCUT2D eigenvalue weighted by Crippen LogP contribution is -2.44. The fraction of sp³-hybridized carbons (Fsp3) is 0.600. The molecule has 1 saturated heterocycles. The van der Waals surface area contributed by atoms with Crippen LogP contribution < -0.4 is 10.6 Å². The second kappa shape index (κ2) is 12.3. The largest absolute Gasteiger partial charge is 0.469 e. The number of carbonyl (C=O) groups is 1. The van der Waals surface area contributed by atoms with Gasteiger partial charge in [0.15, 0.2) is 5.96 Å². The second-order valence-corrected chi connectivity index (χ2v) is 7.20. The van der Waals surface area contributed by atoms with Gasteiger partial charge in [0.25, 0.3) is 0 Å². The van der Waals surface area contributed by atoms with Crippen molar-refractivity contribution in [3.05, 3.63) is 35.4 Å². The molecule has 10 heteroatoms. The van der Waals surface area contributed by atoms with Gasteiger partial charge in [-0.2, -0.15) is 13.2 Å². The Bertz CT molecular complexity index is 698. The lowest BCUT2D eigenvalue weighted by molar-refractivity contribution is -0.144. The molecule has 1 aromatic rings. The zero-order valence-corrected chi connectivity index (χ0v) is 19.8. The van der Waals surface area contributed by atoms with Gasteiger partial charge >= 0.3 is 12.1 Å². The van der Waals surface area contributed by atoms with Crippen molar-refractivity contribution in [1.29, 1.82) is 0 Å². The van der Waals surface area contributed by atoms with Gasteiger partial charge in [-0.1, -0.05) is 19.1 Å². The minimum absolute atomic E-state index is 0. The van der Waals surface area contributed by atoms with Crippen LogP contribution in [0.4, 0.5) is 13.2 Å². The third kappa shape index (κ3) is 8.29. The number of likely N-dealkylation sites (tertiary alicyclic amines) is 1. The Labute approximate surface area is 192 Å². The number of ether oxygens (including phenoxy) is 1. The van der Waals surface area contributed by atoms with Crippen molar-refractivity contribution in [2.75, 3.05) is 33.3 Å². The number of hydrogen-bond donors (Lipinski definition) is 2. The van der Waals surface area contributed by atoms with Crippen LogP contribution in [0.3, 0.4) is 0 Å². The number of guanidine groups is 1. The minimum Gasteiger partial charge on any atom is -0.469 e. The van der Waals surface area contributed by atoms with Crippen molar-refractivity contribution in [2.24, 2.45) is 10.9 Å². The van der Waals surface area contributed by atoms with Gasteiger partial charge in [0.05, 0.1) is 25.1 Å². The number of methoxy groups -OCH3 is 1. The molecule has 1 aliphatic rings. The van der Waals surface area contributed by atoms with Crippen LogP contribution in [0.1, 0.15) is 31.4 Å². The number of nitrogens with one attached hydrogen (secondary N) is 2. The number of alkyl halides is 3. The maximum atomic E-state index is 12.7. The maximum absolute atomic E-state index is 12.7. The highest BCUT2D eigenvalue weighted by molar-refractivity contribution is 14.0. The van der Waals surface area contributed by atoms with Crippen molar-refractivity contribution < 1.29 is 22.7 Å². The highest BCUT2D eigenvalue weighted by atomic mass is 127. The average molecular weight is 542 g/mol. The number of hydrogen-bond acceptors (Lipinski definition) is 4. The fourth-order valence-electron chi connectivity index (χ4n) is 3.17. The van der Waals surface area contributed by atoms with Crippen molar-refractivity contribution in [3.63, 3.8) is 0 Å². The van der Waals surface area contributed by atoms with Gasteiger partial charge < -0.3 is 15.4 Å². The van der Waals surface area contributed by atoms with E-state index in [1.165, 1.54) is 19.2 Å². The number of rotatable bonds is 7. The van der Waals surface area contributed by atoms with Crippen LogP contribution in [-0.2, 0) is 22.3 Å². The van der Waals surface area contributed by atoms with Gasteiger partial charge in [-0.05, 0) is 31.0 Å². The van der Waals surface area contributed by atoms with Crippen LogP contribution in [0, 0.1) is 5.92 Å². The summed E-state index contributed by atoms with van der Waals surface area (Å²) in [6, 6.07) is 5.49. The summed E-state index contributed by atoms with van der Waals surface area (Å²) < 4.78 is 42.7. The molecule has 0 amide bonds. The molecule has 2 N–H and O–H groups in total. The lowest BCUT2D eigenvalue weighted by atomic mass is 10.1. The third-order valence-electron chi connectivity index (χ3n) is 4.77. The summed E-state index contributed by atoms with van der Waals surface area (Å²) in [5, 5.41) is 6.54. The molecule has 2 unspecified atom stereocenters. The monoisotopic (exact) mass is 542 g/mol. The Morgan fingerprint density at radius 1 is 1.33 bits per heavy atom. The van der Waals surface area contributed by atoms with Crippen LogP contribution in [0.15, 0.2) is 29.3 Å². The van der Waals surface area contributed by atoms with Crippen LogP contribution in [0.5, 0.6) is 0 Å². The molecule has 1 aliphatic heterocycles. The van der Waals surface area contributed by atoms with E-state index < -0.39 is 11.7 Å². The Hall–Kier alpha value is -1.56. The molecule has 30 heavy (non-hydrogen) atoms. The van der Waals surface area contributed by atoms with E-state index in [4.69, 9.17) is 4.74 Å². The standard InChI is InChI=1S/C20H29F3N4O2.HI/c1-4-24-19(25-11-14(2)18(28)29-3)26-17-9-10-27(13-17)12-15-5-7-16(8-6-15)20(21,22)23;/h5-8,14,17H,4,9-13H2,1-3H3,(H2,24,25,26);1H. The van der Waals surface area contributed by atoms with Gasteiger partial charge in [-0.15, -0.1) is 24.0 Å². The molecule has 0 radical (unpaired) electrons. The van der Waals surface area contributed by atoms with E-state index in [1.807, 2.05) is 6.92 Å². The molecule has 0 bridgehead atoms. The normalized spacial score (nSPS) is 18.5. The van der Waals surface area contributed by atoms with Crippen LogP contribution >= 0.6 is 24.0 Å². The molecule has 2 rings (SSSR count). The summed E-state index contributed by atoms with van der Waals surface area (Å²) in [7, 11) is 1.36. The molecular formula is C20H30F3IN4O2. The Balaban J connectivity index is 0.00000450. The molecule has 0 aromatic heterocycles. The summed E-state index contributed by atoms with van der Waals surface area (Å²) in [6.07, 6.45) is -3.41. The lowest BCUT2D eigenvalue weighted by Gasteiger charge is -2.19. The van der Waals surface area contributed by atoms with Crippen molar-refractivity contribution >= 4 is 35.9 Å². The summed E-state index contributed by atoms with van der Waals surface area (Å²) in [5.41, 5.74) is 0.223. The highest BCUT2D eigenvalue weighted by Crippen LogP contribution is 2.29. The van der Waals surface area contributed by atoms with Crippen LogP contribution in [0.2, 0.25) is 0 Å². The van der Waals surface area contributed by atoms with Gasteiger partial charge in [-0.25, -0.2) is 0 Å². The SMILES string of the molecule is CCNC(=NCC(C)C(=O)OC)NC1CCN(Cc2ccc(C(F)(F)F)cc2)C1.I. The van der Waals surface area contributed by atoms with E-state index in [1.54, 1.807) is 6.92 Å². The fourth-order valence-corrected chi connectivity index (χ4v) is 3.17. The second-order valence-electron chi connectivity index (χ2n) is 7.20. The molecule has 1 heterocycles. The summed E-state index contributed by atoms with van der Waals surface area (Å²) in [4.78, 5) is 18.2. The molecule has 6 nitrogen and oxygen atoms in total. The van der Waals surface area contributed by atoms with Crippen molar-refractivity contribution in [3.8, 4) is 0 Å². The Morgan fingerprint density at radius 3 is 2.57 bits per heavy atom. The number of benzene rings is 1. The predicted octanol–water partition coefficient (Wildman–Crippen LogP) is 3.26. The Morgan fingerprint density at radius 2 is 2.00 bits per heavy atom. The van der Waals surface area contributed by atoms with Crippen LogP contribution in [0.25, 0.3) is 0 Å². The summed E-state index contributed by atoms with van der Waals surface area (Å²) in [5.74, 6) is 0.0213. The molecular weight excluding hydrogens is 512 g/mol. The minimum atomic E-state index is -4.31. The molecule has 1 fully saturated rings. The topological polar surface area (TPSA) is 66.0 Å². The summed E-state index contributed by atoms with van der Waals surface area (Å²) >= 11 is 0. The van der Waals surface area contributed by atoms with E-state index in [2.05, 4.69) is 20.5 Å². The smallest absolute Gasteiger partial charge is 0.416 e. The zero-order valence-electron chi connectivity index (χ0n) is 17.5. The average Bonchev–Trinajstić information content (AvgIpc) is 3.11. The van der Waals surface area contributed by atoms with Crippen molar-refractivity contribution in [1.82, 2.24) is 15.5 Å². The van der Waals surface area contributed by atoms with Gasteiger partial charge in [0, 0.05) is 32.2 Å². The third-order valence-corrected chi connectivity index (χ3v) is 4.77. The predicted molar refractivity (Wildman–Crippen MR) is 121 cm³/mol. The quantitative estimate of drug-likeness (QED) is 0.240. The van der Waals surface area contributed by atoms with Crippen LogP contribution in [-0.4, -0.2) is 56.2 Å². The number of aliphatic imine (C=N–C) groups is 1. The highest BCUT2D eigenvalue weighted by Gasteiger charge is 2.30. The Kier molecular flexibility index (Phi) is 10.9. The van der Waals surface area contributed by atoms with E-state index in [-0.39, 0.29) is 41.9 Å². The maximum Gasteiger partial charge on any atom is 0.416 e. The van der Waals surface area contributed by atoms with Gasteiger partial charge in [0.1, 0.15) is 0 Å². The molecule has 1 aromatic carbocycles. The molecule has 2 atom stereocenters. The van der Waals surface area contributed by atoms with Gasteiger partial charge in [0.2, 0.25) is 0 Å². The number of nitrogens with zero attached hydrogens (tertiary/aromatic N) is 2. The first kappa shape index (κ1) is 26.5.